The molecule has 2 aromatic rings. The molecular formula is C14H11ClOS. The Bertz CT molecular complexity index is 580. The molecule has 0 saturated carbocycles. The normalized spacial score (nSPS) is 12.8. The van der Waals surface area contributed by atoms with E-state index in [1.54, 1.807) is 18.9 Å². The van der Waals surface area contributed by atoms with Crippen molar-refractivity contribution in [3.05, 3.63) is 52.5 Å². The Labute approximate surface area is 110 Å². The third-order valence-electron chi connectivity index (χ3n) is 2.90. The van der Waals surface area contributed by atoms with E-state index >= 15 is 0 Å². The van der Waals surface area contributed by atoms with Crippen molar-refractivity contribution in [2.45, 2.75) is 16.2 Å². The number of ether oxygens (including phenoxy) is 1. The molecular weight excluding hydrogens is 252 g/mol. The molecule has 86 valence electrons. The van der Waals surface area contributed by atoms with E-state index in [4.69, 9.17) is 16.3 Å². The van der Waals surface area contributed by atoms with Crippen LogP contribution < -0.4 is 4.74 Å². The van der Waals surface area contributed by atoms with E-state index in [1.807, 2.05) is 24.3 Å². The molecule has 3 heteroatoms. The van der Waals surface area contributed by atoms with Gasteiger partial charge in [0.1, 0.15) is 5.75 Å². The maximum atomic E-state index is 6.03. The van der Waals surface area contributed by atoms with Crippen LogP contribution >= 0.6 is 23.4 Å². The molecule has 17 heavy (non-hydrogen) atoms. The second kappa shape index (κ2) is 4.28. The van der Waals surface area contributed by atoms with Crippen molar-refractivity contribution >= 4 is 23.4 Å². The summed E-state index contributed by atoms with van der Waals surface area (Å²) in [4.78, 5) is 2.44. The third kappa shape index (κ3) is 1.92. The van der Waals surface area contributed by atoms with Crippen LogP contribution in [0.4, 0.5) is 0 Å². The topological polar surface area (TPSA) is 9.23 Å². The summed E-state index contributed by atoms with van der Waals surface area (Å²) >= 11 is 7.77. The SMILES string of the molecule is COc1cccc2c1Sc1cc(Cl)ccc1C2. The Morgan fingerprint density at radius 1 is 1.18 bits per heavy atom. The van der Waals surface area contributed by atoms with Gasteiger partial charge in [-0.05, 0) is 35.7 Å². The first-order chi connectivity index (χ1) is 8.28. The van der Waals surface area contributed by atoms with Crippen LogP contribution in [0.3, 0.4) is 0 Å². The number of fused-ring (bicyclic) bond motifs is 2. The lowest BCUT2D eigenvalue weighted by Crippen LogP contribution is -2.01. The van der Waals surface area contributed by atoms with Gasteiger partial charge in [-0.1, -0.05) is 41.6 Å². The van der Waals surface area contributed by atoms with Crippen molar-refractivity contribution in [3.63, 3.8) is 0 Å². The molecule has 0 aromatic heterocycles. The van der Waals surface area contributed by atoms with Crippen molar-refractivity contribution in [3.8, 4) is 5.75 Å². The summed E-state index contributed by atoms with van der Waals surface area (Å²) in [5, 5.41) is 0.787. The molecule has 1 aliphatic heterocycles. The van der Waals surface area contributed by atoms with Crippen molar-refractivity contribution in [1.82, 2.24) is 0 Å². The first-order valence-corrected chi connectivity index (χ1v) is 6.59. The molecule has 1 aliphatic rings. The second-order valence-corrected chi connectivity index (χ2v) is 5.47. The fourth-order valence-electron chi connectivity index (χ4n) is 2.06. The van der Waals surface area contributed by atoms with Crippen LogP contribution in [-0.4, -0.2) is 7.11 Å². The maximum Gasteiger partial charge on any atom is 0.133 e. The first kappa shape index (κ1) is 11.0. The van der Waals surface area contributed by atoms with Gasteiger partial charge in [0.25, 0.3) is 0 Å². The Balaban J connectivity index is 2.11. The highest BCUT2D eigenvalue weighted by Gasteiger charge is 2.19. The number of hydrogen-bond acceptors (Lipinski definition) is 2. The number of hydrogen-bond donors (Lipinski definition) is 0. The van der Waals surface area contributed by atoms with Crippen LogP contribution in [0.2, 0.25) is 5.02 Å². The molecule has 0 aliphatic carbocycles. The van der Waals surface area contributed by atoms with Gasteiger partial charge in [-0.2, -0.15) is 0 Å². The Hall–Kier alpha value is -1.12. The second-order valence-electron chi connectivity index (χ2n) is 3.98. The van der Waals surface area contributed by atoms with E-state index in [-0.39, 0.29) is 0 Å². The third-order valence-corrected chi connectivity index (χ3v) is 4.41. The summed E-state index contributed by atoms with van der Waals surface area (Å²) in [5.74, 6) is 0.943. The quantitative estimate of drug-likeness (QED) is 0.643. The monoisotopic (exact) mass is 262 g/mol. The molecule has 0 fully saturated rings. The van der Waals surface area contributed by atoms with Crippen LogP contribution in [0.1, 0.15) is 11.1 Å². The fourth-order valence-corrected chi connectivity index (χ4v) is 3.50. The Morgan fingerprint density at radius 3 is 2.88 bits per heavy atom. The van der Waals surface area contributed by atoms with Gasteiger partial charge >= 0.3 is 0 Å². The Kier molecular flexibility index (Phi) is 2.77. The van der Waals surface area contributed by atoms with E-state index in [0.29, 0.717) is 0 Å². The van der Waals surface area contributed by atoms with Gasteiger partial charge in [0.2, 0.25) is 0 Å². The van der Waals surface area contributed by atoms with Gasteiger partial charge in [-0.25, -0.2) is 0 Å². The van der Waals surface area contributed by atoms with Crippen molar-refractivity contribution in [2.24, 2.45) is 0 Å². The minimum Gasteiger partial charge on any atom is -0.496 e. The fraction of sp³-hybridized carbons (Fsp3) is 0.143. The summed E-state index contributed by atoms with van der Waals surface area (Å²) in [6, 6.07) is 12.3. The number of benzene rings is 2. The number of halogens is 1. The van der Waals surface area contributed by atoms with E-state index in [0.717, 1.165) is 17.2 Å². The zero-order valence-corrected chi connectivity index (χ0v) is 10.9. The molecule has 2 aromatic carbocycles. The average Bonchev–Trinajstić information content (AvgIpc) is 2.35. The van der Waals surface area contributed by atoms with Gasteiger partial charge in [0.05, 0.1) is 12.0 Å². The van der Waals surface area contributed by atoms with Gasteiger partial charge in [0.15, 0.2) is 0 Å². The number of rotatable bonds is 1. The summed E-state index contributed by atoms with van der Waals surface area (Å²) in [6.07, 6.45) is 0.950. The molecule has 0 bridgehead atoms. The minimum atomic E-state index is 0.787. The minimum absolute atomic E-state index is 0.787. The van der Waals surface area contributed by atoms with Gasteiger partial charge < -0.3 is 4.74 Å². The summed E-state index contributed by atoms with van der Waals surface area (Å²) in [6.45, 7) is 0. The first-order valence-electron chi connectivity index (χ1n) is 5.40. The van der Waals surface area contributed by atoms with Crippen LogP contribution in [-0.2, 0) is 6.42 Å². The summed E-state index contributed by atoms with van der Waals surface area (Å²) in [5.41, 5.74) is 2.66. The zero-order valence-electron chi connectivity index (χ0n) is 9.37. The molecule has 0 amide bonds. The standard InChI is InChI=1S/C14H11ClOS/c1-16-12-4-2-3-10-7-9-5-6-11(15)8-13(9)17-14(10)12/h2-6,8H,7H2,1H3. The van der Waals surface area contributed by atoms with Crippen LogP contribution in [0, 0.1) is 0 Å². The molecule has 0 unspecified atom stereocenters. The lowest BCUT2D eigenvalue weighted by Gasteiger charge is -2.20. The highest BCUT2D eigenvalue weighted by atomic mass is 35.5. The zero-order chi connectivity index (χ0) is 11.8. The van der Waals surface area contributed by atoms with E-state index in [1.165, 1.54) is 20.9 Å². The smallest absolute Gasteiger partial charge is 0.133 e. The van der Waals surface area contributed by atoms with Crippen LogP contribution in [0.25, 0.3) is 0 Å². The predicted molar refractivity (Wildman–Crippen MR) is 71.4 cm³/mol. The van der Waals surface area contributed by atoms with Gasteiger partial charge in [0, 0.05) is 9.92 Å². The number of methoxy groups -OCH3 is 1. The lowest BCUT2D eigenvalue weighted by atomic mass is 10.0. The molecule has 0 spiro atoms. The van der Waals surface area contributed by atoms with Crippen LogP contribution in [0.5, 0.6) is 5.75 Å². The molecule has 0 saturated heterocycles. The average molecular weight is 263 g/mol. The van der Waals surface area contributed by atoms with Crippen LogP contribution in [0.15, 0.2) is 46.2 Å². The predicted octanol–water partition coefficient (Wildman–Crippen LogP) is 4.40. The van der Waals surface area contributed by atoms with Crippen molar-refractivity contribution in [1.29, 1.82) is 0 Å². The molecule has 0 N–H and O–H groups in total. The van der Waals surface area contributed by atoms with Gasteiger partial charge in [-0.15, -0.1) is 0 Å². The Morgan fingerprint density at radius 2 is 2.06 bits per heavy atom. The molecule has 1 heterocycles. The largest absolute Gasteiger partial charge is 0.496 e. The lowest BCUT2D eigenvalue weighted by molar-refractivity contribution is 0.403. The molecule has 0 radical (unpaired) electrons. The molecule has 1 nitrogen and oxygen atoms in total. The summed E-state index contributed by atoms with van der Waals surface area (Å²) < 4.78 is 5.40. The van der Waals surface area contributed by atoms with Crippen molar-refractivity contribution in [2.75, 3.05) is 7.11 Å². The van der Waals surface area contributed by atoms with E-state index < -0.39 is 0 Å². The van der Waals surface area contributed by atoms with Crippen molar-refractivity contribution < 1.29 is 4.74 Å². The summed E-state index contributed by atoms with van der Waals surface area (Å²) in [7, 11) is 1.71. The van der Waals surface area contributed by atoms with E-state index in [9.17, 15) is 0 Å². The maximum absolute atomic E-state index is 6.03. The van der Waals surface area contributed by atoms with Gasteiger partial charge in [-0.3, -0.25) is 0 Å². The van der Waals surface area contributed by atoms with E-state index in [2.05, 4.69) is 12.1 Å². The molecule has 3 rings (SSSR count). The highest BCUT2D eigenvalue weighted by Crippen LogP contribution is 2.44. The molecule has 0 atom stereocenters. The highest BCUT2D eigenvalue weighted by molar-refractivity contribution is 7.99.